The van der Waals surface area contributed by atoms with Crippen molar-refractivity contribution < 1.29 is 9.21 Å². The molecule has 0 radical (unpaired) electrons. The lowest BCUT2D eigenvalue weighted by molar-refractivity contribution is 0.0730. The van der Waals surface area contributed by atoms with Crippen molar-refractivity contribution in [1.29, 1.82) is 0 Å². The highest BCUT2D eigenvalue weighted by atomic mass is 35.5. The first-order valence-electron chi connectivity index (χ1n) is 9.79. The van der Waals surface area contributed by atoms with E-state index in [1.165, 1.54) is 0 Å². The lowest BCUT2D eigenvalue weighted by Gasteiger charge is -2.25. The summed E-state index contributed by atoms with van der Waals surface area (Å²) >= 11 is 6.11. The van der Waals surface area contributed by atoms with Crippen molar-refractivity contribution in [3.8, 4) is 0 Å². The Morgan fingerprint density at radius 2 is 1.60 bits per heavy atom. The second-order valence-corrected chi connectivity index (χ2v) is 7.80. The molecule has 4 aromatic rings. The van der Waals surface area contributed by atoms with E-state index in [1.807, 2.05) is 60.7 Å². The minimum absolute atomic E-state index is 0.122. The summed E-state index contributed by atoms with van der Waals surface area (Å²) in [5.74, 6) is -0.138. The fourth-order valence-corrected chi connectivity index (χ4v) is 4.27. The zero-order valence-corrected chi connectivity index (χ0v) is 16.8. The first-order chi connectivity index (χ1) is 14.6. The van der Waals surface area contributed by atoms with Crippen LogP contribution in [-0.2, 0) is 6.42 Å². The molecular weight excluding hydrogens is 398 g/mol. The van der Waals surface area contributed by atoms with E-state index in [4.69, 9.17) is 16.0 Å². The zero-order valence-electron chi connectivity index (χ0n) is 16.0. The fraction of sp³-hybridized carbons (Fsp3) is 0.120. The summed E-state index contributed by atoms with van der Waals surface area (Å²) in [7, 11) is 0. The number of hydrogen-bond donors (Lipinski definition) is 0. The maximum atomic E-state index is 13.4. The number of carbonyl (C=O) groups excluding carboxylic acids is 1. The third-order valence-corrected chi connectivity index (χ3v) is 5.76. The van der Waals surface area contributed by atoms with Crippen molar-refractivity contribution >= 4 is 28.5 Å². The Kier molecular flexibility index (Phi) is 4.64. The largest absolute Gasteiger partial charge is 0.450 e. The molecule has 1 aliphatic rings. The number of nitrogens with zero attached hydrogens (tertiary/aromatic N) is 1. The van der Waals surface area contributed by atoms with Crippen molar-refractivity contribution in [2.24, 2.45) is 0 Å². The van der Waals surface area contributed by atoms with Gasteiger partial charge in [-0.15, -0.1) is 0 Å². The van der Waals surface area contributed by atoms with E-state index in [0.29, 0.717) is 34.5 Å². The molecule has 1 aromatic heterocycles. The van der Waals surface area contributed by atoms with Gasteiger partial charge in [0.2, 0.25) is 5.76 Å². The van der Waals surface area contributed by atoms with Crippen LogP contribution in [0.25, 0.3) is 11.0 Å². The maximum absolute atomic E-state index is 13.4. The number of carbonyl (C=O) groups is 1. The number of benzene rings is 3. The van der Waals surface area contributed by atoms with Gasteiger partial charge in [0.15, 0.2) is 5.43 Å². The zero-order chi connectivity index (χ0) is 20.7. The molecule has 1 aliphatic heterocycles. The number of hydrogen-bond acceptors (Lipinski definition) is 3. The van der Waals surface area contributed by atoms with E-state index >= 15 is 0 Å². The van der Waals surface area contributed by atoms with E-state index in [-0.39, 0.29) is 17.1 Å². The summed E-state index contributed by atoms with van der Waals surface area (Å²) in [6.07, 6.45) is 0.684. The highest BCUT2D eigenvalue weighted by Crippen LogP contribution is 2.38. The normalized spacial score (nSPS) is 15.6. The highest BCUT2D eigenvalue weighted by Gasteiger charge is 2.42. The van der Waals surface area contributed by atoms with Gasteiger partial charge in [-0.25, -0.2) is 0 Å². The molecule has 0 N–H and O–H groups in total. The highest BCUT2D eigenvalue weighted by molar-refractivity contribution is 6.31. The standard InChI is InChI=1S/C25H18ClNO3/c26-18-11-12-20-19(15-18)23(28)21-22(17-9-5-2-6-10-17)27(25(29)24(21)30-20)14-13-16-7-3-1-4-8-16/h1-12,15,22H,13-14H2. The minimum Gasteiger partial charge on any atom is -0.450 e. The Morgan fingerprint density at radius 3 is 2.33 bits per heavy atom. The second-order valence-electron chi connectivity index (χ2n) is 7.36. The third kappa shape index (κ3) is 3.10. The summed E-state index contributed by atoms with van der Waals surface area (Å²) in [5, 5.41) is 0.844. The van der Waals surface area contributed by atoms with Crippen LogP contribution in [-0.4, -0.2) is 17.4 Å². The van der Waals surface area contributed by atoms with Crippen LogP contribution < -0.4 is 5.43 Å². The Hall–Kier alpha value is -3.37. The lowest BCUT2D eigenvalue weighted by atomic mass is 9.98. The van der Waals surface area contributed by atoms with E-state index in [1.54, 1.807) is 23.1 Å². The topological polar surface area (TPSA) is 50.5 Å². The van der Waals surface area contributed by atoms with Gasteiger partial charge in [-0.2, -0.15) is 0 Å². The number of halogens is 1. The van der Waals surface area contributed by atoms with Crippen molar-refractivity contribution in [2.75, 3.05) is 6.54 Å². The predicted molar refractivity (Wildman–Crippen MR) is 117 cm³/mol. The molecule has 0 spiro atoms. The molecule has 5 rings (SSSR count). The van der Waals surface area contributed by atoms with E-state index in [2.05, 4.69) is 0 Å². The van der Waals surface area contributed by atoms with Crippen LogP contribution in [0.4, 0.5) is 0 Å². The van der Waals surface area contributed by atoms with Crippen LogP contribution in [0.5, 0.6) is 0 Å². The van der Waals surface area contributed by atoms with Crippen molar-refractivity contribution in [1.82, 2.24) is 4.90 Å². The number of rotatable bonds is 4. The molecule has 0 bridgehead atoms. The Bertz CT molecular complexity index is 1300. The fourth-order valence-electron chi connectivity index (χ4n) is 4.10. The summed E-state index contributed by atoms with van der Waals surface area (Å²) in [6.45, 7) is 0.475. The smallest absolute Gasteiger partial charge is 0.290 e. The lowest BCUT2D eigenvalue weighted by Crippen LogP contribution is -2.31. The van der Waals surface area contributed by atoms with Gasteiger partial charge in [-0.3, -0.25) is 9.59 Å². The second kappa shape index (κ2) is 7.47. The van der Waals surface area contributed by atoms with Crippen LogP contribution in [0, 0.1) is 0 Å². The number of fused-ring (bicyclic) bond motifs is 2. The Morgan fingerprint density at radius 1 is 0.900 bits per heavy atom. The maximum Gasteiger partial charge on any atom is 0.290 e. The van der Waals surface area contributed by atoms with Gasteiger partial charge in [-0.05, 0) is 35.7 Å². The quantitative estimate of drug-likeness (QED) is 0.458. The van der Waals surface area contributed by atoms with Gasteiger partial charge in [0.1, 0.15) is 5.58 Å². The molecule has 1 amide bonds. The average Bonchev–Trinajstić information content (AvgIpc) is 3.06. The number of amides is 1. The Labute approximate surface area is 178 Å². The van der Waals surface area contributed by atoms with Crippen molar-refractivity contribution in [2.45, 2.75) is 12.5 Å². The molecule has 3 aromatic carbocycles. The first-order valence-corrected chi connectivity index (χ1v) is 10.2. The monoisotopic (exact) mass is 415 g/mol. The van der Waals surface area contributed by atoms with Crippen LogP contribution >= 0.6 is 11.6 Å². The van der Waals surface area contributed by atoms with E-state index in [9.17, 15) is 9.59 Å². The molecule has 30 heavy (non-hydrogen) atoms. The molecule has 2 heterocycles. The van der Waals surface area contributed by atoms with Crippen molar-refractivity contribution in [3.05, 3.63) is 117 Å². The van der Waals surface area contributed by atoms with Crippen LogP contribution in [0.1, 0.15) is 33.3 Å². The van der Waals surface area contributed by atoms with Crippen LogP contribution in [0.15, 0.2) is 88.1 Å². The summed E-state index contributed by atoms with van der Waals surface area (Å²) < 4.78 is 5.94. The molecule has 0 aliphatic carbocycles. The van der Waals surface area contributed by atoms with Crippen LogP contribution in [0.2, 0.25) is 5.02 Å². The van der Waals surface area contributed by atoms with Gasteiger partial charge >= 0.3 is 0 Å². The third-order valence-electron chi connectivity index (χ3n) is 5.53. The van der Waals surface area contributed by atoms with Gasteiger partial charge in [0, 0.05) is 11.6 Å². The summed E-state index contributed by atoms with van der Waals surface area (Å²) in [4.78, 5) is 28.5. The van der Waals surface area contributed by atoms with Gasteiger partial charge < -0.3 is 9.32 Å². The van der Waals surface area contributed by atoms with Crippen LogP contribution in [0.3, 0.4) is 0 Å². The average molecular weight is 416 g/mol. The molecule has 0 fully saturated rings. The molecule has 1 unspecified atom stereocenters. The molecule has 0 saturated heterocycles. The molecular formula is C25H18ClNO3. The van der Waals surface area contributed by atoms with E-state index < -0.39 is 6.04 Å². The van der Waals surface area contributed by atoms with Gasteiger partial charge in [0.05, 0.1) is 17.0 Å². The summed E-state index contributed by atoms with van der Waals surface area (Å²) in [5.41, 5.74) is 2.55. The molecule has 4 nitrogen and oxygen atoms in total. The predicted octanol–water partition coefficient (Wildman–Crippen LogP) is 5.23. The molecule has 1 atom stereocenters. The van der Waals surface area contributed by atoms with Crippen molar-refractivity contribution in [3.63, 3.8) is 0 Å². The molecule has 5 heteroatoms. The van der Waals surface area contributed by atoms with E-state index in [0.717, 1.165) is 11.1 Å². The Balaban J connectivity index is 1.65. The minimum atomic E-state index is -0.489. The SMILES string of the molecule is O=C1c2oc3ccc(Cl)cc3c(=O)c2C(c2ccccc2)N1CCc1ccccc1. The van der Waals surface area contributed by atoms with Gasteiger partial charge in [0.25, 0.3) is 5.91 Å². The molecule has 0 saturated carbocycles. The molecule has 148 valence electrons. The first kappa shape index (κ1) is 18.6. The van der Waals surface area contributed by atoms with Gasteiger partial charge in [-0.1, -0.05) is 72.3 Å². The summed E-state index contributed by atoms with van der Waals surface area (Å²) in [6, 6.07) is 24.0.